The molecule has 2 aromatic rings. The van der Waals surface area contributed by atoms with Crippen LogP contribution in [0.15, 0.2) is 12.3 Å². The summed E-state index contributed by atoms with van der Waals surface area (Å²) in [7, 11) is 0. The number of hydrogen-bond donors (Lipinski definition) is 2. The number of ether oxygens (including phenoxy) is 2. The fourth-order valence-corrected chi connectivity index (χ4v) is 5.23. The number of carbonyl (C=O) groups is 1. The van der Waals surface area contributed by atoms with E-state index in [1.807, 2.05) is 32.6 Å². The van der Waals surface area contributed by atoms with Crippen molar-refractivity contribution in [3.8, 4) is 23.1 Å². The number of aryl methyl sites for hydroxylation is 1. The number of halogens is 1. The summed E-state index contributed by atoms with van der Waals surface area (Å²) in [5, 5.41) is 22.8. The average molecular weight is 515 g/mol. The van der Waals surface area contributed by atoms with Crippen LogP contribution in [-0.2, 0) is 9.47 Å². The second kappa shape index (κ2) is 9.71. The maximum Gasteiger partial charge on any atom is 0.407 e. The van der Waals surface area contributed by atoms with Gasteiger partial charge in [0.1, 0.15) is 16.7 Å². The molecule has 1 amide bonds. The SMILES string of the molecule is Cc1nc(N2CCC3(CC2)CO[C@@H](C)[C@H]3NC(=O)OC(C)(C)C)nc(C#N)c1-c1ccnc(O)c1Cl. The highest BCUT2D eigenvalue weighted by molar-refractivity contribution is 6.34. The summed E-state index contributed by atoms with van der Waals surface area (Å²) in [4.78, 5) is 27.5. The second-order valence-corrected chi connectivity index (χ2v) is 10.8. The van der Waals surface area contributed by atoms with E-state index in [0.29, 0.717) is 42.5 Å². The summed E-state index contributed by atoms with van der Waals surface area (Å²) < 4.78 is 11.4. The highest BCUT2D eigenvalue weighted by Crippen LogP contribution is 2.43. The van der Waals surface area contributed by atoms with Gasteiger partial charge in [-0.1, -0.05) is 11.6 Å². The number of pyridine rings is 1. The third-order valence-electron chi connectivity index (χ3n) is 6.80. The molecule has 0 aliphatic carbocycles. The molecule has 4 heterocycles. The van der Waals surface area contributed by atoms with Crippen LogP contribution in [0.1, 0.15) is 51.9 Å². The van der Waals surface area contributed by atoms with Gasteiger partial charge < -0.3 is 24.8 Å². The third kappa shape index (κ3) is 5.04. The molecular formula is C25H31ClN6O4. The van der Waals surface area contributed by atoms with Gasteiger partial charge in [-0.15, -0.1) is 0 Å². The zero-order chi connectivity index (χ0) is 26.3. The van der Waals surface area contributed by atoms with Gasteiger partial charge in [0.2, 0.25) is 11.8 Å². The summed E-state index contributed by atoms with van der Waals surface area (Å²) in [6, 6.07) is 3.60. The molecule has 0 radical (unpaired) electrons. The van der Waals surface area contributed by atoms with Crippen LogP contribution in [0.3, 0.4) is 0 Å². The predicted octanol–water partition coefficient (Wildman–Crippen LogP) is 3.98. The number of anilines is 1. The first-order valence-corrected chi connectivity index (χ1v) is 12.3. The number of piperidine rings is 1. The minimum Gasteiger partial charge on any atom is -0.492 e. The standard InChI is InChI=1S/C25H31ClN6O4/c1-14-18(16-6-9-28-21(33)19(16)26)17(12-27)30-22(29-14)32-10-7-25(8-11-32)13-35-15(2)20(25)31-23(34)36-24(3,4)5/h6,9,15,20H,7-8,10-11,13H2,1-5H3,(H,28,33)(H,31,34)/t15-,20+/m0/s1. The van der Waals surface area contributed by atoms with E-state index < -0.39 is 11.7 Å². The molecule has 2 aliphatic heterocycles. The minimum absolute atomic E-state index is 0.0484. The fraction of sp³-hybridized carbons (Fsp3) is 0.560. The Morgan fingerprint density at radius 1 is 1.36 bits per heavy atom. The van der Waals surface area contributed by atoms with Gasteiger partial charge in [-0.3, -0.25) is 0 Å². The Hall–Kier alpha value is -3.16. The molecule has 0 aromatic carbocycles. The van der Waals surface area contributed by atoms with Gasteiger partial charge in [0, 0.05) is 35.8 Å². The number of aromatic nitrogens is 3. The Balaban J connectivity index is 1.54. The Morgan fingerprint density at radius 3 is 2.69 bits per heavy atom. The van der Waals surface area contributed by atoms with Crippen molar-refractivity contribution in [2.45, 2.75) is 65.2 Å². The van der Waals surface area contributed by atoms with E-state index in [9.17, 15) is 15.2 Å². The molecular weight excluding hydrogens is 484 g/mol. The van der Waals surface area contributed by atoms with Crippen molar-refractivity contribution in [2.75, 3.05) is 24.6 Å². The first kappa shape index (κ1) is 25.9. The van der Waals surface area contributed by atoms with E-state index in [1.54, 1.807) is 13.0 Å². The van der Waals surface area contributed by atoms with Gasteiger partial charge in [-0.05, 0) is 53.5 Å². The van der Waals surface area contributed by atoms with Crippen molar-refractivity contribution in [3.05, 3.63) is 28.7 Å². The number of nitrogens with zero attached hydrogens (tertiary/aromatic N) is 5. The summed E-state index contributed by atoms with van der Waals surface area (Å²) >= 11 is 6.24. The fourth-order valence-electron chi connectivity index (χ4n) is 5.02. The maximum absolute atomic E-state index is 12.5. The molecule has 0 saturated carbocycles. The molecule has 11 heteroatoms. The first-order valence-electron chi connectivity index (χ1n) is 11.9. The molecule has 4 rings (SSSR count). The lowest BCUT2D eigenvalue weighted by Gasteiger charge is -2.42. The normalized spacial score (nSPS) is 21.3. The average Bonchev–Trinajstić information content (AvgIpc) is 3.09. The lowest BCUT2D eigenvalue weighted by molar-refractivity contribution is 0.0434. The quantitative estimate of drug-likeness (QED) is 0.623. The van der Waals surface area contributed by atoms with Crippen molar-refractivity contribution in [1.29, 1.82) is 5.26 Å². The molecule has 2 aliphatic rings. The van der Waals surface area contributed by atoms with Gasteiger partial charge in [-0.2, -0.15) is 5.26 Å². The first-order chi connectivity index (χ1) is 16.9. The molecule has 0 bridgehead atoms. The van der Waals surface area contributed by atoms with Crippen LogP contribution >= 0.6 is 11.6 Å². The Morgan fingerprint density at radius 2 is 2.06 bits per heavy atom. The maximum atomic E-state index is 12.5. The third-order valence-corrected chi connectivity index (χ3v) is 7.17. The van der Waals surface area contributed by atoms with Crippen molar-refractivity contribution in [3.63, 3.8) is 0 Å². The van der Waals surface area contributed by atoms with Crippen molar-refractivity contribution in [2.24, 2.45) is 5.41 Å². The molecule has 0 unspecified atom stereocenters. The zero-order valence-electron chi connectivity index (χ0n) is 21.1. The van der Waals surface area contributed by atoms with Crippen LogP contribution < -0.4 is 10.2 Å². The van der Waals surface area contributed by atoms with Gasteiger partial charge in [-0.25, -0.2) is 19.7 Å². The van der Waals surface area contributed by atoms with Gasteiger partial charge in [0.05, 0.1) is 24.4 Å². The Bertz CT molecular complexity index is 1200. The van der Waals surface area contributed by atoms with Crippen molar-refractivity contribution in [1.82, 2.24) is 20.3 Å². The predicted molar refractivity (Wildman–Crippen MR) is 134 cm³/mol. The summed E-state index contributed by atoms with van der Waals surface area (Å²) in [5.41, 5.74) is 0.872. The number of alkyl carbamates (subject to hydrolysis) is 1. The van der Waals surface area contributed by atoms with E-state index >= 15 is 0 Å². The molecule has 2 aromatic heterocycles. The number of carbonyl (C=O) groups excluding carboxylic acids is 1. The molecule has 1 spiro atoms. The molecule has 10 nitrogen and oxygen atoms in total. The number of hydrogen-bond acceptors (Lipinski definition) is 9. The zero-order valence-corrected chi connectivity index (χ0v) is 21.9. The molecule has 2 fully saturated rings. The van der Waals surface area contributed by atoms with E-state index in [4.69, 9.17) is 21.1 Å². The highest BCUT2D eigenvalue weighted by atomic mass is 35.5. The number of nitrogens with one attached hydrogen (secondary N) is 1. The number of rotatable bonds is 3. The number of aromatic hydroxyl groups is 1. The highest BCUT2D eigenvalue weighted by Gasteiger charge is 2.50. The molecule has 36 heavy (non-hydrogen) atoms. The molecule has 192 valence electrons. The number of nitriles is 1. The lowest BCUT2D eigenvalue weighted by atomic mass is 9.73. The van der Waals surface area contributed by atoms with E-state index in [2.05, 4.69) is 26.3 Å². The Labute approximate surface area is 215 Å². The van der Waals surface area contributed by atoms with Crippen molar-refractivity contribution < 1.29 is 19.4 Å². The van der Waals surface area contributed by atoms with Crippen LogP contribution in [-0.4, -0.2) is 63.6 Å². The van der Waals surface area contributed by atoms with Gasteiger partial charge >= 0.3 is 6.09 Å². The van der Waals surface area contributed by atoms with Crippen LogP contribution in [0.4, 0.5) is 10.7 Å². The summed E-state index contributed by atoms with van der Waals surface area (Å²) in [5.74, 6) is 0.145. The van der Waals surface area contributed by atoms with E-state index in [0.717, 1.165) is 12.8 Å². The van der Waals surface area contributed by atoms with E-state index in [1.165, 1.54) is 6.20 Å². The summed E-state index contributed by atoms with van der Waals surface area (Å²) in [6.45, 7) is 11.1. The van der Waals surface area contributed by atoms with Crippen LogP contribution in [0.5, 0.6) is 5.88 Å². The largest absolute Gasteiger partial charge is 0.492 e. The molecule has 2 atom stereocenters. The van der Waals surface area contributed by atoms with Crippen molar-refractivity contribution >= 4 is 23.6 Å². The van der Waals surface area contributed by atoms with Gasteiger partial charge in [0.25, 0.3) is 0 Å². The van der Waals surface area contributed by atoms with Gasteiger partial charge in [0.15, 0.2) is 5.69 Å². The van der Waals surface area contributed by atoms with Crippen LogP contribution in [0.25, 0.3) is 11.1 Å². The Kier molecular flexibility index (Phi) is 6.99. The molecule has 2 saturated heterocycles. The topological polar surface area (TPSA) is 133 Å². The lowest BCUT2D eigenvalue weighted by Crippen LogP contribution is -2.55. The number of amides is 1. The van der Waals surface area contributed by atoms with Crippen LogP contribution in [0.2, 0.25) is 5.02 Å². The second-order valence-electron chi connectivity index (χ2n) is 10.4. The summed E-state index contributed by atoms with van der Waals surface area (Å²) in [6.07, 6.45) is 2.36. The van der Waals surface area contributed by atoms with E-state index in [-0.39, 0.29) is 34.2 Å². The monoisotopic (exact) mass is 514 g/mol. The molecule has 2 N–H and O–H groups in total. The van der Waals surface area contributed by atoms with Crippen LogP contribution in [0, 0.1) is 23.7 Å². The smallest absolute Gasteiger partial charge is 0.407 e. The minimum atomic E-state index is -0.581.